The molecule has 3 aromatic carbocycles. The molecule has 13 heteroatoms. The number of hydrogen-bond donors (Lipinski definition) is 5. The third-order valence-corrected chi connectivity index (χ3v) is 10.9. The van der Waals surface area contributed by atoms with Crippen molar-refractivity contribution >= 4 is 56.3 Å². The number of aryl methyl sites for hydroxylation is 1. The zero-order valence-corrected chi connectivity index (χ0v) is 30.7. The molecule has 4 amide bonds. The van der Waals surface area contributed by atoms with Crippen molar-refractivity contribution in [3.8, 4) is 0 Å². The third kappa shape index (κ3) is 7.70. The van der Waals surface area contributed by atoms with Gasteiger partial charge in [0.05, 0.1) is 27.9 Å². The Morgan fingerprint density at radius 2 is 1.71 bits per heavy atom. The predicted octanol–water partition coefficient (Wildman–Crippen LogP) is 4.83. The van der Waals surface area contributed by atoms with Crippen LogP contribution in [0.5, 0.6) is 0 Å². The number of aromatic carboxylic acids is 1. The highest BCUT2D eigenvalue weighted by molar-refractivity contribution is 7.22. The van der Waals surface area contributed by atoms with Crippen molar-refractivity contribution in [1.29, 1.82) is 0 Å². The summed E-state index contributed by atoms with van der Waals surface area (Å²) in [6, 6.07) is 15.4. The lowest BCUT2D eigenvalue weighted by Gasteiger charge is -2.42. The van der Waals surface area contributed by atoms with Gasteiger partial charge in [0.25, 0.3) is 5.91 Å². The maximum absolute atomic E-state index is 14.6. The number of likely N-dealkylation sites (N-methyl/N-ethyl adjacent to an activating group) is 1. The first-order valence-electron chi connectivity index (χ1n) is 17.5. The van der Waals surface area contributed by atoms with E-state index in [0.29, 0.717) is 21.8 Å². The summed E-state index contributed by atoms with van der Waals surface area (Å²) in [4.78, 5) is 72.8. The van der Waals surface area contributed by atoms with Crippen LogP contribution in [0.2, 0.25) is 0 Å². The number of fused-ring (bicyclic) bond motifs is 3. The van der Waals surface area contributed by atoms with Gasteiger partial charge in [0.1, 0.15) is 12.1 Å². The maximum Gasteiger partial charge on any atom is 0.335 e. The van der Waals surface area contributed by atoms with Gasteiger partial charge in [-0.15, -0.1) is 0 Å². The first-order valence-corrected chi connectivity index (χ1v) is 18.3. The second-order valence-corrected chi connectivity index (χ2v) is 15.6. The fraction of sp³-hybridized carbons (Fsp3) is 0.385. The van der Waals surface area contributed by atoms with E-state index < -0.39 is 35.4 Å². The molecule has 2 heterocycles. The number of rotatable bonds is 9. The molecule has 4 atom stereocenters. The van der Waals surface area contributed by atoms with E-state index in [1.807, 2.05) is 45.0 Å². The molecule has 12 nitrogen and oxygen atoms in total. The number of anilines is 1. The summed E-state index contributed by atoms with van der Waals surface area (Å²) in [6.07, 6.45) is 2.90. The van der Waals surface area contributed by atoms with E-state index in [1.54, 1.807) is 37.1 Å². The molecule has 0 radical (unpaired) electrons. The van der Waals surface area contributed by atoms with Gasteiger partial charge in [-0.25, -0.2) is 9.78 Å². The zero-order valence-electron chi connectivity index (χ0n) is 29.9. The molecule has 0 fully saturated rings. The number of hydrogen-bond acceptors (Lipinski definition) is 8. The van der Waals surface area contributed by atoms with Crippen molar-refractivity contribution < 1.29 is 29.1 Å². The molecular weight excluding hydrogens is 681 g/mol. The van der Waals surface area contributed by atoms with Crippen LogP contribution < -0.4 is 21.3 Å². The van der Waals surface area contributed by atoms with E-state index in [4.69, 9.17) is 0 Å². The molecule has 6 rings (SSSR count). The van der Waals surface area contributed by atoms with Crippen LogP contribution in [0.4, 0.5) is 5.13 Å². The Bertz CT molecular complexity index is 2050. The number of carboxylic acids is 1. The van der Waals surface area contributed by atoms with Crippen LogP contribution in [0.15, 0.2) is 60.7 Å². The monoisotopic (exact) mass is 724 g/mol. The highest BCUT2D eigenvalue weighted by Gasteiger charge is 2.43. The van der Waals surface area contributed by atoms with Crippen LogP contribution in [-0.2, 0) is 33.8 Å². The van der Waals surface area contributed by atoms with Crippen LogP contribution in [-0.4, -0.2) is 69.8 Å². The average Bonchev–Trinajstić information content (AvgIpc) is 3.53. The largest absolute Gasteiger partial charge is 0.478 e. The Labute approximate surface area is 306 Å². The van der Waals surface area contributed by atoms with Gasteiger partial charge in [-0.3, -0.25) is 24.5 Å². The summed E-state index contributed by atoms with van der Waals surface area (Å²) in [7, 11) is 1.67. The third-order valence-electron chi connectivity index (χ3n) is 9.95. The Kier molecular flexibility index (Phi) is 10.5. The number of nitrogens with zero attached hydrogens (tertiary/aromatic N) is 2. The van der Waals surface area contributed by atoms with Crippen LogP contribution >= 0.6 is 11.3 Å². The molecule has 0 saturated carbocycles. The second-order valence-electron chi connectivity index (χ2n) is 14.6. The fourth-order valence-electron chi connectivity index (χ4n) is 6.86. The topological polar surface area (TPSA) is 170 Å². The molecule has 1 aromatic heterocycles. The maximum atomic E-state index is 14.6. The Morgan fingerprint density at radius 3 is 2.44 bits per heavy atom. The average molecular weight is 725 g/mol. The molecule has 272 valence electrons. The minimum absolute atomic E-state index is 0.0533. The summed E-state index contributed by atoms with van der Waals surface area (Å²) >= 11 is 1.23. The van der Waals surface area contributed by atoms with E-state index >= 15 is 0 Å². The fourth-order valence-corrected chi connectivity index (χ4v) is 7.70. The van der Waals surface area contributed by atoms with Gasteiger partial charge in [-0.05, 0) is 91.2 Å². The number of carbonyl (C=O) groups excluding carboxylic acids is 4. The first-order chi connectivity index (χ1) is 24.7. The van der Waals surface area contributed by atoms with Crippen LogP contribution in [0.3, 0.4) is 0 Å². The smallest absolute Gasteiger partial charge is 0.335 e. The van der Waals surface area contributed by atoms with Gasteiger partial charge in [-0.1, -0.05) is 62.4 Å². The van der Waals surface area contributed by atoms with Crippen LogP contribution in [0, 0.1) is 5.41 Å². The van der Waals surface area contributed by atoms with Gasteiger partial charge in [0.2, 0.25) is 17.7 Å². The Balaban J connectivity index is 1.29. The lowest BCUT2D eigenvalue weighted by atomic mass is 9.83. The minimum Gasteiger partial charge on any atom is -0.478 e. The molecule has 52 heavy (non-hydrogen) atoms. The van der Waals surface area contributed by atoms with E-state index in [2.05, 4.69) is 32.3 Å². The number of carboxylic acid groups (broad SMARTS) is 1. The molecular formula is C39H44N6O6S. The summed E-state index contributed by atoms with van der Waals surface area (Å²) in [5.41, 5.74) is 4.06. The van der Waals surface area contributed by atoms with Crippen molar-refractivity contribution in [2.45, 2.75) is 84.1 Å². The van der Waals surface area contributed by atoms with Crippen LogP contribution in [0.1, 0.15) is 89.5 Å². The number of carbonyl (C=O) groups is 5. The van der Waals surface area contributed by atoms with E-state index in [0.717, 1.165) is 35.1 Å². The minimum atomic E-state index is -1.06. The SMILES string of the molecule is CN[C@@H](C)C(=O)N[C@H](C(=O)N1Cc2cc(C(=O)Nc3nc4cc(C(=O)O)ccc4s3)ccc2C[C@H]1C(=O)N[C@@H]1CCCc2ccccc21)C(C)(C)C. The van der Waals surface area contributed by atoms with Crippen molar-refractivity contribution in [1.82, 2.24) is 25.8 Å². The van der Waals surface area contributed by atoms with E-state index in [9.17, 15) is 29.1 Å². The van der Waals surface area contributed by atoms with Gasteiger partial charge in [-0.2, -0.15) is 0 Å². The van der Waals surface area contributed by atoms with E-state index in [-0.39, 0.29) is 42.3 Å². The van der Waals surface area contributed by atoms with Crippen molar-refractivity contribution in [2.24, 2.45) is 5.41 Å². The molecule has 1 aliphatic carbocycles. The molecule has 0 spiro atoms. The van der Waals surface area contributed by atoms with Crippen molar-refractivity contribution in [2.75, 3.05) is 12.4 Å². The lowest BCUT2D eigenvalue weighted by molar-refractivity contribution is -0.147. The lowest BCUT2D eigenvalue weighted by Crippen LogP contribution is -2.62. The van der Waals surface area contributed by atoms with Crippen LogP contribution in [0.25, 0.3) is 10.2 Å². The second kappa shape index (κ2) is 14.8. The number of benzene rings is 3. The summed E-state index contributed by atoms with van der Waals surface area (Å²) in [5.74, 6) is -2.48. The standard InChI is InChI=1S/C39H44N6O6S/c1-21(40-5)33(46)43-32(39(2,3)4)36(49)45-20-26-17-24(34(47)44-38-42-29-18-25(37(50)51)15-16-31(29)52-38)14-13-23(26)19-30(45)35(48)41-28-12-8-10-22-9-6-7-11-27(22)28/h6-7,9,11,13-18,21,28,30,32,40H,8,10,12,19-20H2,1-5H3,(H,41,48)(H,43,46)(H,50,51)(H,42,44,47)/t21-,28+,30-,32+/m0/s1. The molecule has 1 aliphatic heterocycles. The predicted molar refractivity (Wildman–Crippen MR) is 199 cm³/mol. The summed E-state index contributed by atoms with van der Waals surface area (Å²) < 4.78 is 0.727. The highest BCUT2D eigenvalue weighted by Crippen LogP contribution is 2.33. The zero-order chi connectivity index (χ0) is 37.3. The quantitative estimate of drug-likeness (QED) is 0.164. The number of nitrogens with one attached hydrogen (secondary N) is 4. The Hall–Kier alpha value is -5.14. The number of thiazole rings is 1. The van der Waals surface area contributed by atoms with Gasteiger partial charge < -0.3 is 26.0 Å². The van der Waals surface area contributed by atoms with E-state index in [1.165, 1.54) is 29.0 Å². The van der Waals surface area contributed by atoms with Gasteiger partial charge in [0.15, 0.2) is 5.13 Å². The number of aromatic nitrogens is 1. The summed E-state index contributed by atoms with van der Waals surface area (Å²) in [5, 5.41) is 21.6. The van der Waals surface area contributed by atoms with Crippen molar-refractivity contribution in [3.05, 3.63) is 94.0 Å². The normalized spacial score (nSPS) is 18.1. The van der Waals surface area contributed by atoms with Gasteiger partial charge in [0, 0.05) is 18.5 Å². The Morgan fingerprint density at radius 1 is 0.962 bits per heavy atom. The molecule has 0 bridgehead atoms. The molecule has 4 aromatic rings. The highest BCUT2D eigenvalue weighted by atomic mass is 32.1. The molecule has 5 N–H and O–H groups in total. The molecule has 2 aliphatic rings. The molecule has 0 saturated heterocycles. The first kappa shape index (κ1) is 36.6. The van der Waals surface area contributed by atoms with Crippen molar-refractivity contribution in [3.63, 3.8) is 0 Å². The van der Waals surface area contributed by atoms with Gasteiger partial charge >= 0.3 is 5.97 Å². The summed E-state index contributed by atoms with van der Waals surface area (Å²) in [6.45, 7) is 7.39. The number of amides is 4. The molecule has 0 unspecified atom stereocenters.